The minimum absolute atomic E-state index is 0.380. The summed E-state index contributed by atoms with van der Waals surface area (Å²) in [6.07, 6.45) is 6.35. The molecule has 0 aliphatic heterocycles. The quantitative estimate of drug-likeness (QED) is 0.730. The highest BCUT2D eigenvalue weighted by molar-refractivity contribution is 7.80. The predicted molar refractivity (Wildman–Crippen MR) is 87.3 cm³/mol. The molecule has 3 N–H and O–H groups in total. The van der Waals surface area contributed by atoms with Crippen LogP contribution in [0.15, 0.2) is 30.3 Å². The first-order chi connectivity index (χ1) is 10.1. The molecule has 0 saturated heterocycles. The normalized spacial score (nSPS) is 17.0. The molecule has 1 aliphatic rings. The van der Waals surface area contributed by atoms with Crippen molar-refractivity contribution in [3.05, 3.63) is 35.9 Å². The molecule has 0 heterocycles. The van der Waals surface area contributed by atoms with E-state index < -0.39 is 12.0 Å². The lowest BCUT2D eigenvalue weighted by Gasteiger charge is -2.26. The van der Waals surface area contributed by atoms with Crippen molar-refractivity contribution in [2.45, 2.75) is 50.6 Å². The van der Waals surface area contributed by atoms with Gasteiger partial charge in [0.05, 0.1) is 0 Å². The third kappa shape index (κ3) is 5.34. The van der Waals surface area contributed by atoms with E-state index in [1.807, 2.05) is 30.3 Å². The summed E-state index contributed by atoms with van der Waals surface area (Å²) in [5, 5.41) is 16.0. The summed E-state index contributed by atoms with van der Waals surface area (Å²) in [4.78, 5) is 11.4. The topological polar surface area (TPSA) is 61.4 Å². The van der Waals surface area contributed by atoms with Crippen molar-refractivity contribution in [1.82, 2.24) is 10.6 Å². The van der Waals surface area contributed by atoms with Gasteiger partial charge in [0.1, 0.15) is 6.04 Å². The van der Waals surface area contributed by atoms with E-state index in [1.165, 1.54) is 19.3 Å². The highest BCUT2D eigenvalue weighted by atomic mass is 32.1. The molecule has 1 aliphatic carbocycles. The average Bonchev–Trinajstić information content (AvgIpc) is 2.48. The molecule has 114 valence electrons. The number of nitrogens with one attached hydrogen (secondary N) is 2. The molecule has 1 saturated carbocycles. The monoisotopic (exact) mass is 306 g/mol. The molecule has 1 fully saturated rings. The van der Waals surface area contributed by atoms with Crippen LogP contribution >= 0.6 is 12.2 Å². The number of hydrogen-bond acceptors (Lipinski definition) is 2. The van der Waals surface area contributed by atoms with Gasteiger partial charge in [0, 0.05) is 12.5 Å². The van der Waals surface area contributed by atoms with Gasteiger partial charge in [-0.25, -0.2) is 4.79 Å². The molecule has 1 aromatic rings. The number of aliphatic carboxylic acids is 1. The summed E-state index contributed by atoms with van der Waals surface area (Å²) in [6, 6.07) is 9.27. The van der Waals surface area contributed by atoms with Crippen molar-refractivity contribution in [3.63, 3.8) is 0 Å². The van der Waals surface area contributed by atoms with Crippen LogP contribution in [-0.2, 0) is 11.2 Å². The summed E-state index contributed by atoms with van der Waals surface area (Å²) in [5.41, 5.74) is 0.984. The highest BCUT2D eigenvalue weighted by Gasteiger charge is 2.20. The van der Waals surface area contributed by atoms with Crippen LogP contribution < -0.4 is 10.6 Å². The number of carbonyl (C=O) groups is 1. The predicted octanol–water partition coefficient (Wildman–Crippen LogP) is 2.48. The molecule has 1 aromatic carbocycles. The van der Waals surface area contributed by atoms with Crippen LogP contribution in [-0.4, -0.2) is 28.3 Å². The summed E-state index contributed by atoms with van der Waals surface area (Å²) < 4.78 is 0. The molecule has 1 unspecified atom stereocenters. The molecule has 1 atom stereocenters. The Bertz CT molecular complexity index is 472. The van der Waals surface area contributed by atoms with E-state index in [4.69, 9.17) is 12.2 Å². The maximum Gasteiger partial charge on any atom is 0.326 e. The third-order valence-electron chi connectivity index (χ3n) is 3.83. The Balaban J connectivity index is 1.86. The van der Waals surface area contributed by atoms with Crippen molar-refractivity contribution < 1.29 is 9.90 Å². The summed E-state index contributed by atoms with van der Waals surface area (Å²) in [7, 11) is 0. The largest absolute Gasteiger partial charge is 0.480 e. The third-order valence-corrected chi connectivity index (χ3v) is 4.06. The Morgan fingerprint density at radius 3 is 2.52 bits per heavy atom. The van der Waals surface area contributed by atoms with Crippen molar-refractivity contribution in [3.8, 4) is 0 Å². The van der Waals surface area contributed by atoms with Gasteiger partial charge in [-0.1, -0.05) is 49.6 Å². The van der Waals surface area contributed by atoms with Crippen LogP contribution in [0.3, 0.4) is 0 Å². The van der Waals surface area contributed by atoms with Gasteiger partial charge < -0.3 is 15.7 Å². The van der Waals surface area contributed by atoms with Gasteiger partial charge in [0.25, 0.3) is 0 Å². The van der Waals surface area contributed by atoms with E-state index in [9.17, 15) is 9.90 Å². The maximum atomic E-state index is 11.4. The lowest BCUT2D eigenvalue weighted by molar-refractivity contribution is -0.139. The van der Waals surface area contributed by atoms with Crippen LogP contribution in [0.25, 0.3) is 0 Å². The zero-order chi connectivity index (χ0) is 15.1. The Hall–Kier alpha value is -1.62. The molecule has 0 aromatic heterocycles. The number of carboxylic acid groups (broad SMARTS) is 1. The fourth-order valence-corrected chi connectivity index (χ4v) is 2.99. The molecule has 0 amide bonds. The molecule has 5 heteroatoms. The summed E-state index contributed by atoms with van der Waals surface area (Å²) >= 11 is 5.26. The van der Waals surface area contributed by atoms with Crippen molar-refractivity contribution in [2.75, 3.05) is 0 Å². The fourth-order valence-electron chi connectivity index (χ4n) is 2.68. The number of rotatable bonds is 5. The van der Waals surface area contributed by atoms with Crippen LogP contribution in [0.1, 0.15) is 37.7 Å². The first kappa shape index (κ1) is 15.8. The summed E-state index contributed by atoms with van der Waals surface area (Å²) in [6.45, 7) is 0. The summed E-state index contributed by atoms with van der Waals surface area (Å²) in [5.74, 6) is -0.883. The number of benzene rings is 1. The van der Waals surface area contributed by atoms with Crippen LogP contribution in [0.5, 0.6) is 0 Å². The number of hydrogen-bond donors (Lipinski definition) is 3. The van der Waals surface area contributed by atoms with Gasteiger partial charge in [0.15, 0.2) is 5.11 Å². The molecule has 21 heavy (non-hydrogen) atoms. The van der Waals surface area contributed by atoms with E-state index in [0.717, 1.165) is 18.4 Å². The van der Waals surface area contributed by atoms with Gasteiger partial charge in [-0.2, -0.15) is 0 Å². The SMILES string of the molecule is O=C(O)C(Cc1ccccc1)NC(=S)NC1CCCCC1. The fraction of sp³-hybridized carbons (Fsp3) is 0.500. The molecular weight excluding hydrogens is 284 g/mol. The number of carboxylic acids is 1. The standard InChI is InChI=1S/C16H22N2O2S/c19-15(20)14(11-12-7-3-1-4-8-12)18-16(21)17-13-9-5-2-6-10-13/h1,3-4,7-8,13-14H,2,5-6,9-11H2,(H,19,20)(H2,17,18,21). The molecule has 0 bridgehead atoms. The Morgan fingerprint density at radius 1 is 1.24 bits per heavy atom. The van der Waals surface area contributed by atoms with Crippen LogP contribution in [0.4, 0.5) is 0 Å². The van der Waals surface area contributed by atoms with Crippen molar-refractivity contribution in [2.24, 2.45) is 0 Å². The van der Waals surface area contributed by atoms with Gasteiger partial charge in [0.2, 0.25) is 0 Å². The van der Waals surface area contributed by atoms with E-state index in [-0.39, 0.29) is 0 Å². The average molecular weight is 306 g/mol. The van der Waals surface area contributed by atoms with E-state index in [0.29, 0.717) is 17.6 Å². The van der Waals surface area contributed by atoms with Gasteiger partial charge >= 0.3 is 5.97 Å². The van der Waals surface area contributed by atoms with Crippen LogP contribution in [0.2, 0.25) is 0 Å². The van der Waals surface area contributed by atoms with Gasteiger partial charge in [-0.15, -0.1) is 0 Å². The van der Waals surface area contributed by atoms with Gasteiger partial charge in [-0.05, 0) is 30.6 Å². The van der Waals surface area contributed by atoms with Crippen LogP contribution in [0, 0.1) is 0 Å². The zero-order valence-electron chi connectivity index (χ0n) is 12.0. The Labute approximate surface area is 130 Å². The lowest BCUT2D eigenvalue weighted by Crippen LogP contribution is -2.50. The lowest BCUT2D eigenvalue weighted by atomic mass is 9.96. The second-order valence-corrected chi connectivity index (χ2v) is 5.94. The smallest absolute Gasteiger partial charge is 0.326 e. The molecule has 2 rings (SSSR count). The van der Waals surface area contributed by atoms with E-state index >= 15 is 0 Å². The Kier molecular flexibility index (Phi) is 5.99. The van der Waals surface area contributed by atoms with E-state index in [1.54, 1.807) is 0 Å². The Morgan fingerprint density at radius 2 is 1.90 bits per heavy atom. The molecule has 0 spiro atoms. The second kappa shape index (κ2) is 7.98. The molecular formula is C16H22N2O2S. The number of thiocarbonyl (C=S) groups is 1. The first-order valence-corrected chi connectivity index (χ1v) is 7.90. The maximum absolute atomic E-state index is 11.4. The minimum atomic E-state index is -0.883. The minimum Gasteiger partial charge on any atom is -0.480 e. The molecule has 4 nitrogen and oxygen atoms in total. The highest BCUT2D eigenvalue weighted by Crippen LogP contribution is 2.17. The zero-order valence-corrected chi connectivity index (χ0v) is 12.9. The first-order valence-electron chi connectivity index (χ1n) is 7.49. The molecule has 0 radical (unpaired) electrons. The van der Waals surface area contributed by atoms with Gasteiger partial charge in [-0.3, -0.25) is 0 Å². The van der Waals surface area contributed by atoms with Crippen molar-refractivity contribution in [1.29, 1.82) is 0 Å². The van der Waals surface area contributed by atoms with E-state index in [2.05, 4.69) is 10.6 Å². The van der Waals surface area contributed by atoms with Crippen molar-refractivity contribution >= 4 is 23.3 Å². The second-order valence-electron chi connectivity index (χ2n) is 5.53.